The fraction of sp³-hybridized carbons (Fsp3) is 0.250. The summed E-state index contributed by atoms with van der Waals surface area (Å²) in [5.41, 5.74) is 5.12. The van der Waals surface area contributed by atoms with Crippen LogP contribution in [0.4, 0.5) is 8.78 Å². The Hall–Kier alpha value is -3.29. The van der Waals surface area contributed by atoms with Crippen molar-refractivity contribution in [3.63, 3.8) is 0 Å². The molecular weight excluding hydrogens is 366 g/mol. The first-order chi connectivity index (χ1) is 13.1. The molecule has 0 fully saturated rings. The molecule has 1 amide bonds. The van der Waals surface area contributed by atoms with Gasteiger partial charge in [0.2, 0.25) is 5.91 Å². The lowest BCUT2D eigenvalue weighted by molar-refractivity contribution is 0.0894. The molecule has 0 aliphatic heterocycles. The molecule has 3 aromatic rings. The molecular formula is C20H20F2N4O2. The molecule has 0 aliphatic carbocycles. The minimum atomic E-state index is -1.04. The Morgan fingerprint density at radius 3 is 2.43 bits per heavy atom. The number of aromatic nitrogens is 3. The lowest BCUT2D eigenvalue weighted by Crippen LogP contribution is -2.29. The van der Waals surface area contributed by atoms with Crippen LogP contribution in [0.5, 0.6) is 5.75 Å². The van der Waals surface area contributed by atoms with Crippen molar-refractivity contribution >= 4 is 5.91 Å². The van der Waals surface area contributed by atoms with E-state index < -0.39 is 23.1 Å². The molecule has 0 saturated heterocycles. The zero-order valence-electron chi connectivity index (χ0n) is 16.0. The molecule has 6 nitrogen and oxygen atoms in total. The predicted octanol–water partition coefficient (Wildman–Crippen LogP) is 3.48. The van der Waals surface area contributed by atoms with Gasteiger partial charge in [0.15, 0.2) is 28.8 Å². The number of amides is 1. The molecule has 0 atom stereocenters. The van der Waals surface area contributed by atoms with Crippen molar-refractivity contribution in [3.8, 4) is 17.1 Å². The number of carbonyl (C=O) groups excluding carboxylic acids is 1. The maximum Gasteiger partial charge on any atom is 0.248 e. The minimum Gasteiger partial charge on any atom is -0.477 e. The molecule has 2 N–H and O–H groups in total. The van der Waals surface area contributed by atoms with Gasteiger partial charge >= 0.3 is 0 Å². The summed E-state index contributed by atoms with van der Waals surface area (Å²) in [6.07, 6.45) is 0. The van der Waals surface area contributed by atoms with Gasteiger partial charge in [0.1, 0.15) is 5.82 Å². The van der Waals surface area contributed by atoms with Gasteiger partial charge in [0.25, 0.3) is 0 Å². The van der Waals surface area contributed by atoms with Crippen molar-refractivity contribution < 1.29 is 18.3 Å². The number of hydrogen-bond donors (Lipinski definition) is 1. The summed E-state index contributed by atoms with van der Waals surface area (Å²) in [6.45, 7) is 5.21. The summed E-state index contributed by atoms with van der Waals surface area (Å²) in [6, 6.07) is 8.55. The van der Waals surface area contributed by atoms with Gasteiger partial charge in [-0.2, -0.15) is 0 Å². The van der Waals surface area contributed by atoms with Gasteiger partial charge in [-0.3, -0.25) is 4.79 Å². The van der Waals surface area contributed by atoms with Crippen LogP contribution in [0.1, 0.15) is 35.6 Å². The topological polar surface area (TPSA) is 83.0 Å². The van der Waals surface area contributed by atoms with Crippen LogP contribution < -0.4 is 10.5 Å². The number of halogens is 2. The molecule has 0 unspecified atom stereocenters. The van der Waals surface area contributed by atoms with Crippen LogP contribution in [0.2, 0.25) is 0 Å². The first-order valence-corrected chi connectivity index (χ1v) is 8.55. The van der Waals surface area contributed by atoms with Crippen LogP contribution in [-0.4, -0.2) is 20.7 Å². The molecule has 0 saturated carbocycles. The Labute approximate surface area is 161 Å². The minimum absolute atomic E-state index is 0.0575. The lowest BCUT2D eigenvalue weighted by atomic mass is 10.1. The van der Waals surface area contributed by atoms with E-state index in [-0.39, 0.29) is 22.7 Å². The highest BCUT2D eigenvalue weighted by molar-refractivity contribution is 5.93. The molecule has 8 heteroatoms. The SMILES string of the molecule is Cc1ccc(OC(C)(C)c2nnc(-c3ccc(C(N)=O)cc3F)n2C)c(F)c1. The van der Waals surface area contributed by atoms with Crippen LogP contribution in [0.25, 0.3) is 11.4 Å². The molecule has 1 aromatic heterocycles. The largest absolute Gasteiger partial charge is 0.477 e. The zero-order valence-corrected chi connectivity index (χ0v) is 16.0. The number of benzene rings is 2. The van der Waals surface area contributed by atoms with E-state index in [9.17, 15) is 13.6 Å². The van der Waals surface area contributed by atoms with Crippen LogP contribution in [0.15, 0.2) is 36.4 Å². The number of carbonyl (C=O) groups is 1. The van der Waals surface area contributed by atoms with Crippen LogP contribution >= 0.6 is 0 Å². The van der Waals surface area contributed by atoms with E-state index in [1.807, 2.05) is 0 Å². The predicted molar refractivity (Wildman–Crippen MR) is 99.7 cm³/mol. The number of primary amides is 1. The number of nitrogens with two attached hydrogens (primary N) is 1. The molecule has 28 heavy (non-hydrogen) atoms. The van der Waals surface area contributed by atoms with E-state index in [4.69, 9.17) is 10.5 Å². The highest BCUT2D eigenvalue weighted by Crippen LogP contribution is 2.31. The molecule has 0 aliphatic rings. The highest BCUT2D eigenvalue weighted by Gasteiger charge is 2.31. The van der Waals surface area contributed by atoms with Gasteiger partial charge in [-0.15, -0.1) is 10.2 Å². The third-order valence-electron chi connectivity index (χ3n) is 4.36. The number of nitrogens with zero attached hydrogens (tertiary/aromatic N) is 3. The van der Waals surface area contributed by atoms with E-state index in [0.29, 0.717) is 5.82 Å². The molecule has 0 radical (unpaired) electrons. The van der Waals surface area contributed by atoms with Crippen molar-refractivity contribution in [3.05, 3.63) is 65.0 Å². The van der Waals surface area contributed by atoms with Crippen LogP contribution in [0, 0.1) is 18.6 Å². The van der Waals surface area contributed by atoms with Gasteiger partial charge in [0.05, 0.1) is 5.56 Å². The van der Waals surface area contributed by atoms with E-state index >= 15 is 0 Å². The van der Waals surface area contributed by atoms with Crippen molar-refractivity contribution in [1.29, 1.82) is 0 Å². The maximum atomic E-state index is 14.4. The first-order valence-electron chi connectivity index (χ1n) is 8.55. The Kier molecular flexibility index (Phi) is 4.89. The molecule has 1 heterocycles. The van der Waals surface area contributed by atoms with E-state index in [1.54, 1.807) is 44.5 Å². The second-order valence-electron chi connectivity index (χ2n) is 7.01. The van der Waals surface area contributed by atoms with Crippen LogP contribution in [0.3, 0.4) is 0 Å². The quantitative estimate of drug-likeness (QED) is 0.728. The average Bonchev–Trinajstić information content (AvgIpc) is 2.99. The van der Waals surface area contributed by atoms with Gasteiger partial charge in [-0.1, -0.05) is 6.07 Å². The summed E-state index contributed by atoms with van der Waals surface area (Å²) < 4.78 is 36.0. The van der Waals surface area contributed by atoms with Crippen molar-refractivity contribution in [2.75, 3.05) is 0 Å². The Balaban J connectivity index is 1.97. The first kappa shape index (κ1) is 19.5. The van der Waals surface area contributed by atoms with Gasteiger partial charge < -0.3 is 15.0 Å². The van der Waals surface area contributed by atoms with Crippen LogP contribution in [-0.2, 0) is 12.6 Å². The van der Waals surface area contributed by atoms with Gasteiger partial charge in [0, 0.05) is 12.6 Å². The number of hydrogen-bond acceptors (Lipinski definition) is 4. The molecule has 0 bridgehead atoms. The molecule has 2 aromatic carbocycles. The number of rotatable bonds is 5. The molecule has 146 valence electrons. The smallest absolute Gasteiger partial charge is 0.248 e. The second kappa shape index (κ2) is 7.03. The lowest BCUT2D eigenvalue weighted by Gasteiger charge is -2.25. The highest BCUT2D eigenvalue weighted by atomic mass is 19.1. The third kappa shape index (κ3) is 3.58. The molecule has 3 rings (SSSR count). The summed E-state index contributed by atoms with van der Waals surface area (Å²) >= 11 is 0. The summed E-state index contributed by atoms with van der Waals surface area (Å²) in [7, 11) is 1.66. The Bertz CT molecular complexity index is 1060. The summed E-state index contributed by atoms with van der Waals surface area (Å²) in [5.74, 6) is -1.16. The van der Waals surface area contributed by atoms with E-state index in [1.165, 1.54) is 18.2 Å². The van der Waals surface area contributed by atoms with E-state index in [0.717, 1.165) is 11.6 Å². The average molecular weight is 386 g/mol. The summed E-state index contributed by atoms with van der Waals surface area (Å²) in [5, 5.41) is 8.16. The molecule has 0 spiro atoms. The van der Waals surface area contributed by atoms with Crippen molar-refractivity contribution in [1.82, 2.24) is 14.8 Å². The maximum absolute atomic E-state index is 14.4. The zero-order chi connectivity index (χ0) is 20.6. The number of ether oxygens (including phenoxy) is 1. The van der Waals surface area contributed by atoms with Gasteiger partial charge in [-0.25, -0.2) is 8.78 Å². The standard InChI is InChI=1S/C20H20F2N4O2/c1-11-5-8-16(15(22)9-11)28-20(2,3)19-25-24-18(26(19)4)13-7-6-12(17(23)27)10-14(13)21/h5-10H,1-4H3,(H2,23,27). The monoisotopic (exact) mass is 386 g/mol. The van der Waals surface area contributed by atoms with Crippen molar-refractivity contribution in [2.45, 2.75) is 26.4 Å². The second-order valence-corrected chi connectivity index (χ2v) is 7.01. The Morgan fingerprint density at radius 1 is 1.11 bits per heavy atom. The van der Waals surface area contributed by atoms with Crippen molar-refractivity contribution in [2.24, 2.45) is 12.8 Å². The summed E-state index contributed by atoms with van der Waals surface area (Å²) in [4.78, 5) is 11.2. The van der Waals surface area contributed by atoms with E-state index in [2.05, 4.69) is 10.2 Å². The normalized spacial score (nSPS) is 11.5. The number of aryl methyl sites for hydroxylation is 1. The Morgan fingerprint density at radius 2 is 1.82 bits per heavy atom. The fourth-order valence-electron chi connectivity index (χ4n) is 2.95. The third-order valence-corrected chi connectivity index (χ3v) is 4.36. The fourth-order valence-corrected chi connectivity index (χ4v) is 2.95. The van der Waals surface area contributed by atoms with Gasteiger partial charge in [-0.05, 0) is 56.7 Å².